The van der Waals surface area contributed by atoms with E-state index in [1.165, 1.54) is 18.7 Å². The molecule has 84 valence electrons. The van der Waals surface area contributed by atoms with Crippen LogP contribution in [0.15, 0.2) is 24.3 Å². The average Bonchev–Trinajstić information content (AvgIpc) is 2.22. The normalized spacial score (nSPS) is 16.5. The molecule has 1 nitrogen and oxygen atoms in total. The van der Waals surface area contributed by atoms with Gasteiger partial charge in [-0.05, 0) is 18.2 Å². The molecule has 2 rings (SSSR count). The highest BCUT2D eigenvalue weighted by Crippen LogP contribution is 2.31. The third kappa shape index (κ3) is 2.96. The second-order valence-corrected chi connectivity index (χ2v) is 3.98. The van der Waals surface area contributed by atoms with E-state index >= 15 is 0 Å². The minimum absolute atomic E-state index is 0.661. The molecule has 0 radical (unpaired) electrons. The van der Waals surface area contributed by atoms with Crippen LogP contribution < -0.4 is 0 Å². The molecule has 0 aliphatic carbocycles. The summed E-state index contributed by atoms with van der Waals surface area (Å²) >= 11 is 6.10. The molecule has 0 spiro atoms. The van der Waals surface area contributed by atoms with Crippen molar-refractivity contribution in [3.8, 4) is 0 Å². The van der Waals surface area contributed by atoms with Crippen LogP contribution in [0.25, 0.3) is 0 Å². The zero-order chi connectivity index (χ0) is 11.3. The number of likely N-dealkylation sites (tertiary alicyclic amines) is 1. The monoisotopic (exact) mass is 225 g/mol. The Hall–Kier alpha value is -0.530. The molecule has 0 bridgehead atoms. The molecule has 1 aliphatic rings. The molecular formula is C13H20ClN. The molecule has 1 aliphatic heterocycles. The summed E-state index contributed by atoms with van der Waals surface area (Å²) in [5.41, 5.74) is 1.31. The van der Waals surface area contributed by atoms with Crippen LogP contribution in [0.3, 0.4) is 0 Å². The molecule has 2 heteroatoms. The Bertz CT molecular complexity index is 292. The average molecular weight is 226 g/mol. The van der Waals surface area contributed by atoms with Gasteiger partial charge in [0.05, 0.1) is 0 Å². The first-order valence-corrected chi connectivity index (χ1v) is 6.16. The standard InChI is InChI=1S/C11H14ClN.C2H6/c1-2-13-7-9(8-13)10-5-3-4-6-11(10)12;1-2/h3-6,9H,2,7-8H2,1H3;1-2H3. The largest absolute Gasteiger partial charge is 0.302 e. The molecule has 1 saturated heterocycles. The smallest absolute Gasteiger partial charge is 0.0441 e. The van der Waals surface area contributed by atoms with Crippen LogP contribution in [-0.2, 0) is 0 Å². The first kappa shape index (κ1) is 12.5. The van der Waals surface area contributed by atoms with Crippen LogP contribution in [0.1, 0.15) is 32.3 Å². The highest BCUT2D eigenvalue weighted by molar-refractivity contribution is 6.31. The van der Waals surface area contributed by atoms with E-state index in [0.717, 1.165) is 11.6 Å². The highest BCUT2D eigenvalue weighted by Gasteiger charge is 2.27. The van der Waals surface area contributed by atoms with E-state index in [9.17, 15) is 0 Å². The zero-order valence-corrected chi connectivity index (χ0v) is 10.6. The van der Waals surface area contributed by atoms with Crippen molar-refractivity contribution in [1.29, 1.82) is 0 Å². The number of benzene rings is 1. The molecule has 0 N–H and O–H groups in total. The van der Waals surface area contributed by atoms with E-state index in [4.69, 9.17) is 11.6 Å². The molecule has 1 aromatic carbocycles. The maximum Gasteiger partial charge on any atom is 0.0441 e. The molecule has 0 aromatic heterocycles. The van der Waals surface area contributed by atoms with Gasteiger partial charge >= 0.3 is 0 Å². The van der Waals surface area contributed by atoms with Crippen molar-refractivity contribution in [1.82, 2.24) is 4.90 Å². The third-order valence-corrected chi connectivity index (χ3v) is 3.09. The Balaban J connectivity index is 0.000000531. The van der Waals surface area contributed by atoms with Gasteiger partial charge in [0.2, 0.25) is 0 Å². The number of rotatable bonds is 2. The molecule has 0 amide bonds. The minimum atomic E-state index is 0.661. The summed E-state index contributed by atoms with van der Waals surface area (Å²) in [5.74, 6) is 0.661. The Morgan fingerprint density at radius 2 is 1.87 bits per heavy atom. The predicted octanol–water partition coefficient (Wildman–Crippen LogP) is 3.79. The number of likely N-dealkylation sites (N-methyl/N-ethyl adjacent to an activating group) is 1. The molecule has 1 aromatic rings. The van der Waals surface area contributed by atoms with Gasteiger partial charge in [-0.3, -0.25) is 0 Å². The van der Waals surface area contributed by atoms with Crippen LogP contribution in [0.2, 0.25) is 5.02 Å². The molecular weight excluding hydrogens is 206 g/mol. The van der Waals surface area contributed by atoms with Gasteiger partial charge in [-0.1, -0.05) is 50.6 Å². The van der Waals surface area contributed by atoms with Crippen molar-refractivity contribution in [2.45, 2.75) is 26.7 Å². The van der Waals surface area contributed by atoms with Crippen LogP contribution in [-0.4, -0.2) is 24.5 Å². The van der Waals surface area contributed by atoms with E-state index in [0.29, 0.717) is 5.92 Å². The number of halogens is 1. The molecule has 15 heavy (non-hydrogen) atoms. The SMILES string of the molecule is CC.CCN1CC(c2ccccc2Cl)C1. The lowest BCUT2D eigenvalue weighted by Gasteiger charge is -2.39. The summed E-state index contributed by atoms with van der Waals surface area (Å²) in [7, 11) is 0. The van der Waals surface area contributed by atoms with Gasteiger partial charge in [0.25, 0.3) is 0 Å². The Morgan fingerprint density at radius 1 is 1.27 bits per heavy atom. The van der Waals surface area contributed by atoms with E-state index in [2.05, 4.69) is 24.0 Å². The first-order valence-electron chi connectivity index (χ1n) is 5.78. The Labute approximate surface area is 98.0 Å². The lowest BCUT2D eigenvalue weighted by molar-refractivity contribution is 0.157. The summed E-state index contributed by atoms with van der Waals surface area (Å²) < 4.78 is 0. The summed E-state index contributed by atoms with van der Waals surface area (Å²) in [6.07, 6.45) is 0. The van der Waals surface area contributed by atoms with Gasteiger partial charge in [-0.2, -0.15) is 0 Å². The van der Waals surface area contributed by atoms with E-state index in [1.54, 1.807) is 0 Å². The van der Waals surface area contributed by atoms with Crippen molar-refractivity contribution >= 4 is 11.6 Å². The van der Waals surface area contributed by atoms with Gasteiger partial charge < -0.3 is 4.90 Å². The van der Waals surface area contributed by atoms with Crippen molar-refractivity contribution < 1.29 is 0 Å². The number of nitrogens with zero attached hydrogens (tertiary/aromatic N) is 1. The molecule has 0 saturated carbocycles. The second kappa shape index (κ2) is 6.14. The van der Waals surface area contributed by atoms with Crippen LogP contribution in [0.4, 0.5) is 0 Å². The van der Waals surface area contributed by atoms with Crippen LogP contribution >= 0.6 is 11.6 Å². The predicted molar refractivity (Wildman–Crippen MR) is 67.7 cm³/mol. The van der Waals surface area contributed by atoms with Crippen LogP contribution in [0.5, 0.6) is 0 Å². The fraction of sp³-hybridized carbons (Fsp3) is 0.538. The molecule has 0 atom stereocenters. The van der Waals surface area contributed by atoms with Gasteiger partial charge in [0.1, 0.15) is 0 Å². The lowest BCUT2D eigenvalue weighted by Crippen LogP contribution is -2.44. The molecule has 1 heterocycles. The van der Waals surface area contributed by atoms with E-state index in [-0.39, 0.29) is 0 Å². The van der Waals surface area contributed by atoms with Crippen molar-refractivity contribution in [2.75, 3.05) is 19.6 Å². The van der Waals surface area contributed by atoms with Crippen LogP contribution in [0, 0.1) is 0 Å². The zero-order valence-electron chi connectivity index (χ0n) is 9.83. The molecule has 0 unspecified atom stereocenters. The van der Waals surface area contributed by atoms with E-state index in [1.807, 2.05) is 26.0 Å². The number of hydrogen-bond donors (Lipinski definition) is 0. The summed E-state index contributed by atoms with van der Waals surface area (Å²) in [4.78, 5) is 2.42. The second-order valence-electron chi connectivity index (χ2n) is 3.57. The van der Waals surface area contributed by atoms with E-state index < -0.39 is 0 Å². The van der Waals surface area contributed by atoms with Gasteiger partial charge in [0, 0.05) is 24.0 Å². The maximum absolute atomic E-state index is 6.10. The minimum Gasteiger partial charge on any atom is -0.302 e. The number of hydrogen-bond acceptors (Lipinski definition) is 1. The molecule has 1 fully saturated rings. The third-order valence-electron chi connectivity index (χ3n) is 2.75. The fourth-order valence-electron chi connectivity index (χ4n) is 1.83. The first-order chi connectivity index (χ1) is 7.31. The quantitative estimate of drug-likeness (QED) is 0.741. The van der Waals surface area contributed by atoms with Crippen molar-refractivity contribution in [3.63, 3.8) is 0 Å². The topological polar surface area (TPSA) is 3.24 Å². The highest BCUT2D eigenvalue weighted by atomic mass is 35.5. The maximum atomic E-state index is 6.10. The van der Waals surface area contributed by atoms with Gasteiger partial charge in [-0.25, -0.2) is 0 Å². The van der Waals surface area contributed by atoms with Crippen molar-refractivity contribution in [3.05, 3.63) is 34.9 Å². The Kier molecular flexibility index (Phi) is 5.13. The Morgan fingerprint density at radius 3 is 2.40 bits per heavy atom. The van der Waals surface area contributed by atoms with Crippen molar-refractivity contribution in [2.24, 2.45) is 0 Å². The summed E-state index contributed by atoms with van der Waals surface area (Å²) in [6, 6.07) is 8.17. The van der Waals surface area contributed by atoms with Gasteiger partial charge in [-0.15, -0.1) is 0 Å². The lowest BCUT2D eigenvalue weighted by atomic mass is 9.91. The summed E-state index contributed by atoms with van der Waals surface area (Å²) in [5, 5.41) is 0.920. The fourth-order valence-corrected chi connectivity index (χ4v) is 2.12. The van der Waals surface area contributed by atoms with Gasteiger partial charge in [0.15, 0.2) is 0 Å². The summed E-state index contributed by atoms with van der Waals surface area (Å²) in [6.45, 7) is 9.68.